The number of rotatable bonds is 7. The molecule has 1 rings (SSSR count). The molecule has 0 aliphatic carbocycles. The van der Waals surface area contributed by atoms with Crippen LogP contribution < -0.4 is 10.1 Å². The van der Waals surface area contributed by atoms with Crippen LogP contribution >= 0.6 is 11.8 Å². The second kappa shape index (κ2) is 8.17. The van der Waals surface area contributed by atoms with Gasteiger partial charge in [-0.05, 0) is 31.2 Å². The fourth-order valence-corrected chi connectivity index (χ4v) is 2.51. The number of anilines is 1. The Balaban J connectivity index is 2.58. The van der Waals surface area contributed by atoms with Crippen molar-refractivity contribution in [3.8, 4) is 5.75 Å². The zero-order chi connectivity index (χ0) is 15.9. The Bertz CT molecular complexity index is 466. The number of alkyl halides is 3. The van der Waals surface area contributed by atoms with Crippen molar-refractivity contribution in [3.63, 3.8) is 0 Å². The molecule has 21 heavy (non-hydrogen) atoms. The molecular weight excluding hydrogens is 303 g/mol. The molecule has 0 fully saturated rings. The zero-order valence-corrected chi connectivity index (χ0v) is 12.7. The lowest BCUT2D eigenvalue weighted by atomic mass is 10.3. The summed E-state index contributed by atoms with van der Waals surface area (Å²) in [7, 11) is 0. The van der Waals surface area contributed by atoms with Gasteiger partial charge in [-0.15, -0.1) is 24.9 Å². The summed E-state index contributed by atoms with van der Waals surface area (Å²) in [6, 6.07) is 5.24. The van der Waals surface area contributed by atoms with E-state index in [2.05, 4.69) is 17.0 Å². The maximum Gasteiger partial charge on any atom is 0.573 e. The van der Waals surface area contributed by atoms with Crippen molar-refractivity contribution in [1.29, 1.82) is 0 Å². The summed E-state index contributed by atoms with van der Waals surface area (Å²) in [5.41, 5.74) is 0.282. The molecular formula is C14H18F3NO2S. The maximum atomic E-state index is 12.1. The fraction of sp³-hybridized carbons (Fsp3) is 0.500. The maximum absolute atomic E-state index is 12.1. The predicted molar refractivity (Wildman–Crippen MR) is 78.6 cm³/mol. The SMILES string of the molecule is CCCCSC(C)C(=O)Nc1cccc(OC(F)(F)F)c1. The van der Waals surface area contributed by atoms with Crippen LogP contribution in [0.3, 0.4) is 0 Å². The van der Waals surface area contributed by atoms with Crippen LogP contribution in [0, 0.1) is 0 Å². The summed E-state index contributed by atoms with van der Waals surface area (Å²) in [5, 5.41) is 2.33. The van der Waals surface area contributed by atoms with E-state index in [1.807, 2.05) is 0 Å². The topological polar surface area (TPSA) is 38.3 Å². The van der Waals surface area contributed by atoms with Crippen LogP contribution in [-0.4, -0.2) is 23.3 Å². The van der Waals surface area contributed by atoms with Gasteiger partial charge in [0.2, 0.25) is 5.91 Å². The van der Waals surface area contributed by atoms with Gasteiger partial charge in [0.1, 0.15) is 5.75 Å². The van der Waals surface area contributed by atoms with E-state index in [0.29, 0.717) is 0 Å². The normalized spacial score (nSPS) is 12.8. The van der Waals surface area contributed by atoms with Gasteiger partial charge in [-0.25, -0.2) is 0 Å². The Hall–Kier alpha value is -1.37. The van der Waals surface area contributed by atoms with Crippen molar-refractivity contribution < 1.29 is 22.7 Å². The van der Waals surface area contributed by atoms with Crippen LogP contribution in [0.25, 0.3) is 0 Å². The molecule has 7 heteroatoms. The van der Waals surface area contributed by atoms with Crippen molar-refractivity contribution in [2.24, 2.45) is 0 Å². The highest BCUT2D eigenvalue weighted by Gasteiger charge is 2.31. The zero-order valence-electron chi connectivity index (χ0n) is 11.9. The van der Waals surface area contributed by atoms with Crippen LogP contribution in [0.15, 0.2) is 24.3 Å². The first-order valence-corrected chi connectivity index (χ1v) is 7.65. The van der Waals surface area contributed by atoms with Gasteiger partial charge in [-0.3, -0.25) is 4.79 Å². The van der Waals surface area contributed by atoms with Crippen molar-refractivity contribution in [3.05, 3.63) is 24.3 Å². The molecule has 0 aromatic heterocycles. The molecule has 0 bridgehead atoms. The molecule has 1 N–H and O–H groups in total. The molecule has 0 spiro atoms. The summed E-state index contributed by atoms with van der Waals surface area (Å²) in [4.78, 5) is 11.9. The molecule has 0 saturated carbocycles. The number of halogens is 3. The van der Waals surface area contributed by atoms with Gasteiger partial charge in [0.05, 0.1) is 5.25 Å². The van der Waals surface area contributed by atoms with Gasteiger partial charge in [0.25, 0.3) is 0 Å². The van der Waals surface area contributed by atoms with E-state index < -0.39 is 6.36 Å². The van der Waals surface area contributed by atoms with E-state index in [9.17, 15) is 18.0 Å². The fourth-order valence-electron chi connectivity index (χ4n) is 1.49. The molecule has 1 amide bonds. The van der Waals surface area contributed by atoms with E-state index in [1.54, 1.807) is 6.92 Å². The lowest BCUT2D eigenvalue weighted by molar-refractivity contribution is -0.274. The summed E-state index contributed by atoms with van der Waals surface area (Å²) in [6.07, 6.45) is -2.67. The molecule has 0 radical (unpaired) electrons. The van der Waals surface area contributed by atoms with E-state index >= 15 is 0 Å². The number of thioether (sulfide) groups is 1. The number of ether oxygens (including phenoxy) is 1. The first kappa shape index (κ1) is 17.7. The summed E-state index contributed by atoms with van der Waals surface area (Å²) < 4.78 is 40.2. The highest BCUT2D eigenvalue weighted by Crippen LogP contribution is 2.25. The third-order valence-corrected chi connectivity index (χ3v) is 3.81. The molecule has 1 atom stereocenters. The first-order valence-electron chi connectivity index (χ1n) is 6.60. The van der Waals surface area contributed by atoms with Crippen molar-refractivity contribution in [1.82, 2.24) is 0 Å². The monoisotopic (exact) mass is 321 g/mol. The highest BCUT2D eigenvalue weighted by molar-refractivity contribution is 8.00. The lowest BCUT2D eigenvalue weighted by Gasteiger charge is -2.13. The molecule has 1 unspecified atom stereocenters. The number of hydrogen-bond donors (Lipinski definition) is 1. The minimum Gasteiger partial charge on any atom is -0.406 e. The number of carbonyl (C=O) groups excluding carboxylic acids is 1. The molecule has 3 nitrogen and oxygen atoms in total. The molecule has 0 saturated heterocycles. The van der Waals surface area contributed by atoms with E-state index in [4.69, 9.17) is 0 Å². The number of unbranched alkanes of at least 4 members (excludes halogenated alkanes) is 1. The third kappa shape index (κ3) is 7.27. The van der Waals surface area contributed by atoms with Crippen LogP contribution in [-0.2, 0) is 4.79 Å². The van der Waals surface area contributed by atoms with Crippen LogP contribution in [0.5, 0.6) is 5.75 Å². The van der Waals surface area contributed by atoms with Gasteiger partial charge < -0.3 is 10.1 Å². The molecule has 0 aliphatic heterocycles. The van der Waals surface area contributed by atoms with Crippen molar-refractivity contribution in [2.75, 3.05) is 11.1 Å². The Morgan fingerprint density at radius 3 is 2.76 bits per heavy atom. The van der Waals surface area contributed by atoms with Crippen LogP contribution in [0.2, 0.25) is 0 Å². The van der Waals surface area contributed by atoms with Crippen molar-refractivity contribution >= 4 is 23.4 Å². The average Bonchev–Trinajstić information content (AvgIpc) is 2.37. The summed E-state index contributed by atoms with van der Waals surface area (Å²) in [5.74, 6) is 0.286. The van der Waals surface area contributed by atoms with E-state index in [0.717, 1.165) is 24.7 Å². The third-order valence-electron chi connectivity index (χ3n) is 2.57. The summed E-state index contributed by atoms with van der Waals surface area (Å²) in [6.45, 7) is 3.84. The van der Waals surface area contributed by atoms with Gasteiger partial charge >= 0.3 is 6.36 Å². The number of hydrogen-bond acceptors (Lipinski definition) is 3. The Kier molecular flexibility index (Phi) is 6.87. The molecule has 0 aliphatic rings. The standard InChI is InChI=1S/C14H18F3NO2S/c1-3-4-8-21-10(2)13(19)18-11-6-5-7-12(9-11)20-14(15,16)17/h5-7,9-10H,3-4,8H2,1-2H3,(H,18,19). The number of carbonyl (C=O) groups is 1. The van der Waals surface area contributed by atoms with Crippen LogP contribution in [0.1, 0.15) is 26.7 Å². The minimum absolute atomic E-state index is 0.236. The number of amides is 1. The number of nitrogens with one attached hydrogen (secondary N) is 1. The second-order valence-corrected chi connectivity index (χ2v) is 5.88. The minimum atomic E-state index is -4.74. The largest absolute Gasteiger partial charge is 0.573 e. The molecule has 118 valence electrons. The second-order valence-electron chi connectivity index (χ2n) is 4.43. The highest BCUT2D eigenvalue weighted by atomic mass is 32.2. The first-order chi connectivity index (χ1) is 9.81. The van der Waals surface area contributed by atoms with Crippen LogP contribution in [0.4, 0.5) is 18.9 Å². The smallest absolute Gasteiger partial charge is 0.406 e. The van der Waals surface area contributed by atoms with E-state index in [-0.39, 0.29) is 22.6 Å². The summed E-state index contributed by atoms with van der Waals surface area (Å²) >= 11 is 1.52. The van der Waals surface area contributed by atoms with Gasteiger partial charge in [0.15, 0.2) is 0 Å². The number of benzene rings is 1. The Morgan fingerprint density at radius 2 is 2.14 bits per heavy atom. The van der Waals surface area contributed by atoms with Crippen molar-refractivity contribution in [2.45, 2.75) is 38.3 Å². The lowest BCUT2D eigenvalue weighted by Crippen LogP contribution is -2.23. The van der Waals surface area contributed by atoms with Gasteiger partial charge in [-0.2, -0.15) is 0 Å². The average molecular weight is 321 g/mol. The Morgan fingerprint density at radius 1 is 1.43 bits per heavy atom. The quantitative estimate of drug-likeness (QED) is 0.754. The molecule has 0 heterocycles. The Labute approximate surface area is 126 Å². The van der Waals surface area contributed by atoms with E-state index in [1.165, 1.54) is 30.0 Å². The molecule has 1 aromatic rings. The predicted octanol–water partition coefficient (Wildman–Crippen LogP) is 4.45. The van der Waals surface area contributed by atoms with Gasteiger partial charge in [-0.1, -0.05) is 19.4 Å². The van der Waals surface area contributed by atoms with Gasteiger partial charge in [0, 0.05) is 11.8 Å². The molecule has 1 aromatic carbocycles.